The fraction of sp³-hybridized carbons (Fsp3) is 0.769. The second-order valence-corrected chi connectivity index (χ2v) is 9.38. The number of aryl methyl sites for hydroxylation is 1. The van der Waals surface area contributed by atoms with E-state index in [2.05, 4.69) is 40.7 Å². The molecule has 0 spiro atoms. The molecule has 0 heterocycles. The van der Waals surface area contributed by atoms with E-state index < -0.39 is 0 Å². The predicted molar refractivity (Wildman–Crippen MR) is 121 cm³/mol. The Morgan fingerprint density at radius 3 is 1.67 bits per heavy atom. The Bertz CT molecular complexity index is 510. The molecule has 0 atom stereocenters. The van der Waals surface area contributed by atoms with Gasteiger partial charge < -0.3 is 5.11 Å². The minimum absolute atomic E-state index is 0.00123. The van der Waals surface area contributed by atoms with Crippen LogP contribution in [-0.2, 0) is 18.3 Å². The van der Waals surface area contributed by atoms with Crippen molar-refractivity contribution in [2.24, 2.45) is 0 Å². The van der Waals surface area contributed by atoms with Crippen LogP contribution in [0.4, 0.5) is 0 Å². The highest BCUT2D eigenvalue weighted by Gasteiger charge is 2.23. The summed E-state index contributed by atoms with van der Waals surface area (Å²) >= 11 is 0. The Kier molecular flexibility index (Phi) is 11.8. The van der Waals surface area contributed by atoms with Gasteiger partial charge in [0, 0.05) is 5.56 Å². The molecule has 0 saturated heterocycles. The van der Waals surface area contributed by atoms with E-state index in [0.29, 0.717) is 5.75 Å². The standard InChI is InChI=1S/C26H46O/c1-6-8-10-12-14-16-18-22-20-21-24(27)25(26(3,4)5)23(22)19-17-15-13-11-9-7-2/h20-21,27H,6-19H2,1-5H3. The molecule has 1 aromatic carbocycles. The van der Waals surface area contributed by atoms with Crippen molar-refractivity contribution < 1.29 is 5.11 Å². The molecule has 0 aliphatic rings. The van der Waals surface area contributed by atoms with Crippen LogP contribution in [0.25, 0.3) is 0 Å². The van der Waals surface area contributed by atoms with Crippen LogP contribution in [0.1, 0.15) is 128 Å². The van der Waals surface area contributed by atoms with Crippen LogP contribution in [-0.4, -0.2) is 5.11 Å². The first-order valence-corrected chi connectivity index (χ1v) is 11.8. The number of benzene rings is 1. The van der Waals surface area contributed by atoms with Gasteiger partial charge in [0.25, 0.3) is 0 Å². The summed E-state index contributed by atoms with van der Waals surface area (Å²) < 4.78 is 0. The number of phenolic OH excluding ortho intramolecular Hbond substituents is 1. The molecule has 0 aromatic heterocycles. The molecule has 0 amide bonds. The molecular formula is C26H46O. The molecule has 0 unspecified atom stereocenters. The molecular weight excluding hydrogens is 328 g/mol. The summed E-state index contributed by atoms with van der Waals surface area (Å²) in [4.78, 5) is 0. The van der Waals surface area contributed by atoms with E-state index in [-0.39, 0.29) is 5.41 Å². The van der Waals surface area contributed by atoms with Crippen LogP contribution in [0.2, 0.25) is 0 Å². The third kappa shape index (κ3) is 9.17. The Labute approximate surface area is 170 Å². The topological polar surface area (TPSA) is 20.2 Å². The lowest BCUT2D eigenvalue weighted by Crippen LogP contribution is -2.16. The van der Waals surface area contributed by atoms with Crippen molar-refractivity contribution in [3.8, 4) is 5.75 Å². The lowest BCUT2D eigenvalue weighted by molar-refractivity contribution is 0.442. The third-order valence-corrected chi connectivity index (χ3v) is 5.72. The van der Waals surface area contributed by atoms with Crippen LogP contribution in [0.5, 0.6) is 5.75 Å². The van der Waals surface area contributed by atoms with Gasteiger partial charge in [-0.05, 0) is 48.3 Å². The molecule has 1 heteroatoms. The summed E-state index contributed by atoms with van der Waals surface area (Å²) in [6.45, 7) is 11.3. The van der Waals surface area contributed by atoms with Gasteiger partial charge in [0.2, 0.25) is 0 Å². The van der Waals surface area contributed by atoms with E-state index in [1.807, 2.05) is 6.07 Å². The van der Waals surface area contributed by atoms with Gasteiger partial charge in [-0.1, -0.05) is 105 Å². The van der Waals surface area contributed by atoms with Crippen molar-refractivity contribution in [2.75, 3.05) is 0 Å². The van der Waals surface area contributed by atoms with Gasteiger partial charge in [0.15, 0.2) is 0 Å². The zero-order chi connectivity index (χ0) is 20.1. The van der Waals surface area contributed by atoms with Crippen LogP contribution < -0.4 is 0 Å². The van der Waals surface area contributed by atoms with Crippen molar-refractivity contribution in [2.45, 2.75) is 130 Å². The quantitative estimate of drug-likeness (QED) is 0.324. The zero-order valence-electron chi connectivity index (χ0n) is 19.0. The van der Waals surface area contributed by atoms with Crippen LogP contribution in [0, 0.1) is 0 Å². The first-order valence-electron chi connectivity index (χ1n) is 11.8. The monoisotopic (exact) mass is 374 g/mol. The average Bonchev–Trinajstić information content (AvgIpc) is 2.61. The third-order valence-electron chi connectivity index (χ3n) is 5.72. The number of unbranched alkanes of at least 4 members (excludes halogenated alkanes) is 10. The van der Waals surface area contributed by atoms with Gasteiger partial charge in [-0.2, -0.15) is 0 Å². The fourth-order valence-corrected chi connectivity index (χ4v) is 4.21. The van der Waals surface area contributed by atoms with Crippen molar-refractivity contribution in [3.05, 3.63) is 28.8 Å². The molecule has 0 radical (unpaired) electrons. The second kappa shape index (κ2) is 13.2. The first kappa shape index (κ1) is 24.1. The molecule has 1 nitrogen and oxygen atoms in total. The Morgan fingerprint density at radius 1 is 0.667 bits per heavy atom. The van der Waals surface area contributed by atoms with E-state index >= 15 is 0 Å². The van der Waals surface area contributed by atoms with Gasteiger partial charge in [0.05, 0.1) is 0 Å². The molecule has 1 aromatic rings. The van der Waals surface area contributed by atoms with E-state index in [9.17, 15) is 5.11 Å². The van der Waals surface area contributed by atoms with E-state index in [0.717, 1.165) is 6.42 Å². The molecule has 1 N–H and O–H groups in total. The Hall–Kier alpha value is -0.980. The average molecular weight is 375 g/mol. The number of hydrogen-bond donors (Lipinski definition) is 1. The minimum Gasteiger partial charge on any atom is -0.508 e. The molecule has 0 aliphatic carbocycles. The van der Waals surface area contributed by atoms with E-state index in [1.54, 1.807) is 0 Å². The summed E-state index contributed by atoms with van der Waals surface area (Å²) in [5.74, 6) is 0.496. The van der Waals surface area contributed by atoms with Gasteiger partial charge in [-0.25, -0.2) is 0 Å². The number of aromatic hydroxyl groups is 1. The summed E-state index contributed by atoms with van der Waals surface area (Å²) in [5, 5.41) is 10.6. The number of hydrogen-bond acceptors (Lipinski definition) is 1. The molecule has 27 heavy (non-hydrogen) atoms. The van der Waals surface area contributed by atoms with Gasteiger partial charge in [-0.15, -0.1) is 0 Å². The van der Waals surface area contributed by atoms with Crippen LogP contribution in [0.15, 0.2) is 12.1 Å². The highest BCUT2D eigenvalue weighted by atomic mass is 16.3. The van der Waals surface area contributed by atoms with Gasteiger partial charge in [0.1, 0.15) is 5.75 Å². The molecule has 0 bridgehead atoms. The van der Waals surface area contributed by atoms with Crippen molar-refractivity contribution in [1.82, 2.24) is 0 Å². The second-order valence-electron chi connectivity index (χ2n) is 9.38. The van der Waals surface area contributed by atoms with E-state index in [4.69, 9.17) is 0 Å². The highest BCUT2D eigenvalue weighted by molar-refractivity contribution is 5.48. The normalized spacial score (nSPS) is 11.9. The summed E-state index contributed by atoms with van der Waals surface area (Å²) in [5.41, 5.74) is 4.13. The van der Waals surface area contributed by atoms with Crippen molar-refractivity contribution in [3.63, 3.8) is 0 Å². The van der Waals surface area contributed by atoms with Crippen molar-refractivity contribution in [1.29, 1.82) is 0 Å². The largest absolute Gasteiger partial charge is 0.508 e. The zero-order valence-corrected chi connectivity index (χ0v) is 19.0. The minimum atomic E-state index is -0.00123. The smallest absolute Gasteiger partial charge is 0.119 e. The Morgan fingerprint density at radius 2 is 1.15 bits per heavy atom. The molecule has 156 valence electrons. The summed E-state index contributed by atoms with van der Waals surface area (Å²) in [6.07, 6.45) is 18.3. The predicted octanol–water partition coefficient (Wildman–Crippen LogP) is 8.50. The maximum atomic E-state index is 10.6. The fourth-order valence-electron chi connectivity index (χ4n) is 4.21. The first-order chi connectivity index (χ1) is 12.9. The molecule has 0 fully saturated rings. The van der Waals surface area contributed by atoms with Gasteiger partial charge in [-0.3, -0.25) is 0 Å². The SMILES string of the molecule is CCCCCCCCc1ccc(O)c(C(C)(C)C)c1CCCCCCCC. The maximum Gasteiger partial charge on any atom is 0.119 e. The molecule has 0 saturated carbocycles. The molecule has 1 rings (SSSR count). The molecule has 0 aliphatic heterocycles. The maximum absolute atomic E-state index is 10.6. The van der Waals surface area contributed by atoms with Crippen molar-refractivity contribution >= 4 is 0 Å². The van der Waals surface area contributed by atoms with Crippen LogP contribution in [0.3, 0.4) is 0 Å². The lowest BCUT2D eigenvalue weighted by Gasteiger charge is -2.26. The lowest BCUT2D eigenvalue weighted by atomic mass is 9.79. The van der Waals surface area contributed by atoms with Crippen LogP contribution >= 0.6 is 0 Å². The number of rotatable bonds is 14. The Balaban J connectivity index is 2.75. The number of phenols is 1. The summed E-state index contributed by atoms with van der Waals surface area (Å²) in [7, 11) is 0. The van der Waals surface area contributed by atoms with E-state index in [1.165, 1.54) is 100 Å². The van der Waals surface area contributed by atoms with Gasteiger partial charge >= 0.3 is 0 Å². The summed E-state index contributed by atoms with van der Waals surface area (Å²) in [6, 6.07) is 4.14. The highest BCUT2D eigenvalue weighted by Crippen LogP contribution is 2.37.